The molecule has 0 radical (unpaired) electrons. The molecule has 1 aromatic rings. The molecule has 0 fully saturated rings. The Morgan fingerprint density at radius 1 is 1.47 bits per heavy atom. The van der Waals surface area contributed by atoms with Gasteiger partial charge in [0.2, 0.25) is 0 Å². The van der Waals surface area contributed by atoms with Gasteiger partial charge < -0.3 is 0 Å². The molecule has 1 rings (SSSR count). The third kappa shape index (κ3) is 3.83. The van der Waals surface area contributed by atoms with Crippen LogP contribution in [0.1, 0.15) is 23.4 Å². The van der Waals surface area contributed by atoms with E-state index in [0.717, 1.165) is 23.4 Å². The summed E-state index contributed by atoms with van der Waals surface area (Å²) in [5.41, 5.74) is 11.2. The van der Waals surface area contributed by atoms with Crippen molar-refractivity contribution >= 4 is 6.08 Å². The highest BCUT2D eigenvalue weighted by Gasteiger charge is 1.94. The van der Waals surface area contributed by atoms with E-state index in [-0.39, 0.29) is 0 Å². The van der Waals surface area contributed by atoms with Crippen molar-refractivity contribution in [2.24, 2.45) is 5.11 Å². The molecule has 4 heteroatoms. The first-order valence-corrected chi connectivity index (χ1v) is 4.85. The lowest BCUT2D eigenvalue weighted by Crippen LogP contribution is -1.88. The quantitative estimate of drug-likeness (QED) is 0.319. The minimum absolute atomic E-state index is 0.505. The molecule has 0 aromatic carbocycles. The number of pyridine rings is 1. The summed E-state index contributed by atoms with van der Waals surface area (Å²) in [6, 6.07) is 4.03. The normalized spacial score (nSPS) is 10.3. The number of hydrogen-bond acceptors (Lipinski definition) is 2. The zero-order valence-corrected chi connectivity index (χ0v) is 9.01. The molecule has 0 aliphatic carbocycles. The maximum absolute atomic E-state index is 8.08. The maximum Gasteiger partial charge on any atom is 0.0447 e. The summed E-state index contributed by atoms with van der Waals surface area (Å²) >= 11 is 0. The van der Waals surface area contributed by atoms with Crippen LogP contribution >= 0.6 is 0 Å². The monoisotopic (exact) mass is 202 g/mol. The van der Waals surface area contributed by atoms with E-state index in [4.69, 9.17) is 5.53 Å². The van der Waals surface area contributed by atoms with E-state index in [1.165, 1.54) is 0 Å². The van der Waals surface area contributed by atoms with Crippen LogP contribution in [-0.2, 0) is 0 Å². The molecule has 15 heavy (non-hydrogen) atoms. The van der Waals surface area contributed by atoms with E-state index in [2.05, 4.69) is 15.0 Å². The summed E-state index contributed by atoms with van der Waals surface area (Å²) in [4.78, 5) is 7.04. The van der Waals surface area contributed by atoms with Crippen LogP contribution in [0.2, 0.25) is 0 Å². The van der Waals surface area contributed by atoms with E-state index in [1.54, 1.807) is 0 Å². The van der Waals surface area contributed by atoms with Crippen molar-refractivity contribution in [3.8, 4) is 0 Å². The lowest BCUT2D eigenvalue weighted by molar-refractivity contribution is 0.995. The topological polar surface area (TPSA) is 61.7 Å². The van der Waals surface area contributed by atoms with Crippen molar-refractivity contribution in [1.82, 2.24) is 4.98 Å². The van der Waals surface area contributed by atoms with Crippen LogP contribution in [0.15, 0.2) is 23.3 Å². The Balaban J connectivity index is 2.60. The average molecular weight is 202 g/mol. The molecule has 4 nitrogen and oxygen atoms in total. The first-order valence-electron chi connectivity index (χ1n) is 4.85. The zero-order valence-electron chi connectivity index (χ0n) is 9.01. The molecule has 1 heterocycles. The van der Waals surface area contributed by atoms with E-state index in [1.807, 2.05) is 38.1 Å². The van der Waals surface area contributed by atoms with E-state index in [9.17, 15) is 0 Å². The molecule has 0 bridgehead atoms. The van der Waals surface area contributed by atoms with Crippen LogP contribution < -0.4 is 0 Å². The van der Waals surface area contributed by atoms with Gasteiger partial charge in [0, 0.05) is 22.8 Å². The predicted octanol–water partition coefficient (Wildman–Crippen LogP) is 3.41. The van der Waals surface area contributed by atoms with Gasteiger partial charge in [-0.25, -0.2) is 0 Å². The van der Waals surface area contributed by atoms with Crippen molar-refractivity contribution in [1.29, 1.82) is 0 Å². The predicted molar refractivity (Wildman–Crippen MR) is 61.4 cm³/mol. The van der Waals surface area contributed by atoms with Crippen LogP contribution in [0, 0.1) is 13.8 Å². The van der Waals surface area contributed by atoms with Crippen molar-refractivity contribution < 1.29 is 0 Å². The molecule has 0 aliphatic heterocycles. The zero-order chi connectivity index (χ0) is 11.1. The van der Waals surface area contributed by atoms with E-state index >= 15 is 0 Å². The molecule has 0 unspecified atom stereocenters. The summed E-state index contributed by atoms with van der Waals surface area (Å²) in [6.07, 6.45) is 4.76. The van der Waals surface area contributed by atoms with Gasteiger partial charge in [-0.15, -0.1) is 0 Å². The molecule has 0 saturated carbocycles. The van der Waals surface area contributed by atoms with Crippen LogP contribution in [0.25, 0.3) is 16.5 Å². The molecule has 0 aliphatic rings. The summed E-state index contributed by atoms with van der Waals surface area (Å²) < 4.78 is 0. The van der Waals surface area contributed by atoms with Crippen molar-refractivity contribution in [2.75, 3.05) is 6.54 Å². The minimum atomic E-state index is 0.505. The molecule has 0 spiro atoms. The second-order valence-corrected chi connectivity index (χ2v) is 3.27. The van der Waals surface area contributed by atoms with Crippen molar-refractivity contribution in [2.45, 2.75) is 20.3 Å². The standard InChI is InChI=1S/C11H14N4/c1-9-6-7-11(10(2)14-9)5-3-4-8-13-15-12/h3,5-7H,4,8H2,1-2H3. The second-order valence-electron chi connectivity index (χ2n) is 3.27. The second kappa shape index (κ2) is 5.83. The highest BCUT2D eigenvalue weighted by atomic mass is 15.1. The van der Waals surface area contributed by atoms with Crippen LogP contribution in [0.3, 0.4) is 0 Å². The fourth-order valence-corrected chi connectivity index (χ4v) is 1.26. The Labute approximate surface area is 89.3 Å². The van der Waals surface area contributed by atoms with Gasteiger partial charge in [-0.1, -0.05) is 23.3 Å². The molecule has 0 N–H and O–H groups in total. The van der Waals surface area contributed by atoms with Gasteiger partial charge in [0.05, 0.1) is 0 Å². The Morgan fingerprint density at radius 3 is 2.93 bits per heavy atom. The largest absolute Gasteiger partial charge is 0.258 e. The van der Waals surface area contributed by atoms with Gasteiger partial charge >= 0.3 is 0 Å². The third-order valence-corrected chi connectivity index (χ3v) is 2.02. The Hall–Kier alpha value is -1.80. The fraction of sp³-hybridized carbons (Fsp3) is 0.364. The molecule has 78 valence electrons. The number of rotatable bonds is 4. The molecule has 0 atom stereocenters. The smallest absolute Gasteiger partial charge is 0.0447 e. The molecule has 0 saturated heterocycles. The third-order valence-electron chi connectivity index (χ3n) is 2.02. The lowest BCUT2D eigenvalue weighted by atomic mass is 10.1. The summed E-state index contributed by atoms with van der Waals surface area (Å²) in [6.45, 7) is 4.47. The van der Waals surface area contributed by atoms with Gasteiger partial charge in [0.25, 0.3) is 0 Å². The maximum atomic E-state index is 8.08. The van der Waals surface area contributed by atoms with Crippen molar-refractivity contribution in [3.63, 3.8) is 0 Å². The van der Waals surface area contributed by atoms with Gasteiger partial charge in [-0.05, 0) is 37.4 Å². The first kappa shape index (κ1) is 11.3. The van der Waals surface area contributed by atoms with Gasteiger partial charge in [-0.2, -0.15) is 0 Å². The number of aromatic nitrogens is 1. The Bertz CT molecular complexity index is 403. The SMILES string of the molecule is Cc1ccc(C=CCCN=[N+]=[N-])c(C)n1. The lowest BCUT2D eigenvalue weighted by Gasteiger charge is -2.00. The number of aryl methyl sites for hydroxylation is 2. The summed E-state index contributed by atoms with van der Waals surface area (Å²) in [5, 5.41) is 3.45. The molecule has 1 aromatic heterocycles. The van der Waals surface area contributed by atoms with Crippen LogP contribution in [0.5, 0.6) is 0 Å². The average Bonchev–Trinajstić information content (AvgIpc) is 2.20. The minimum Gasteiger partial charge on any atom is -0.258 e. The van der Waals surface area contributed by atoms with Crippen LogP contribution in [-0.4, -0.2) is 11.5 Å². The number of hydrogen-bond donors (Lipinski definition) is 0. The van der Waals surface area contributed by atoms with E-state index in [0.29, 0.717) is 6.54 Å². The Kier molecular flexibility index (Phi) is 4.38. The van der Waals surface area contributed by atoms with E-state index < -0.39 is 0 Å². The van der Waals surface area contributed by atoms with Gasteiger partial charge in [0.1, 0.15) is 0 Å². The Morgan fingerprint density at radius 2 is 2.27 bits per heavy atom. The highest BCUT2D eigenvalue weighted by molar-refractivity contribution is 5.51. The molecular formula is C11H14N4. The van der Waals surface area contributed by atoms with Crippen LogP contribution in [0.4, 0.5) is 0 Å². The van der Waals surface area contributed by atoms with Gasteiger partial charge in [0.15, 0.2) is 0 Å². The number of azide groups is 1. The molecule has 0 amide bonds. The summed E-state index contributed by atoms with van der Waals surface area (Å²) in [7, 11) is 0. The summed E-state index contributed by atoms with van der Waals surface area (Å²) in [5.74, 6) is 0. The first-order chi connectivity index (χ1) is 7.24. The van der Waals surface area contributed by atoms with Crippen molar-refractivity contribution in [3.05, 3.63) is 45.6 Å². The highest BCUT2D eigenvalue weighted by Crippen LogP contribution is 2.08. The fourth-order valence-electron chi connectivity index (χ4n) is 1.26. The number of nitrogens with zero attached hydrogens (tertiary/aromatic N) is 4. The van der Waals surface area contributed by atoms with Gasteiger partial charge in [-0.3, -0.25) is 4.98 Å². The molecular weight excluding hydrogens is 188 g/mol.